The lowest BCUT2D eigenvalue weighted by Crippen LogP contribution is -2.62. The number of amides is 2. The highest BCUT2D eigenvalue weighted by molar-refractivity contribution is 8.16. The third-order valence-electron chi connectivity index (χ3n) is 12.5. The van der Waals surface area contributed by atoms with Gasteiger partial charge in [0.15, 0.2) is 10.7 Å². The van der Waals surface area contributed by atoms with Gasteiger partial charge in [0.1, 0.15) is 4.75 Å². The number of para-hydroxylation sites is 1. The van der Waals surface area contributed by atoms with Crippen molar-refractivity contribution in [3.8, 4) is 12.1 Å². The third kappa shape index (κ3) is 7.32. The molecule has 0 bridgehead atoms. The summed E-state index contributed by atoms with van der Waals surface area (Å²) < 4.78 is -1.27. The van der Waals surface area contributed by atoms with E-state index in [1.165, 1.54) is 31.2 Å². The van der Waals surface area contributed by atoms with Gasteiger partial charge in [-0.25, -0.2) is 4.99 Å². The predicted octanol–water partition coefficient (Wildman–Crippen LogP) is 8.97. The van der Waals surface area contributed by atoms with Crippen LogP contribution in [0.5, 0.6) is 0 Å². The molecule has 11 heteroatoms. The van der Waals surface area contributed by atoms with Crippen molar-refractivity contribution in [2.75, 3.05) is 51.0 Å². The van der Waals surface area contributed by atoms with Crippen molar-refractivity contribution in [3.05, 3.63) is 184 Å². The number of rotatable bonds is 6. The van der Waals surface area contributed by atoms with Crippen LogP contribution in [0.1, 0.15) is 53.6 Å². The number of carbonyl (C=O) groups is 2. The van der Waals surface area contributed by atoms with Crippen LogP contribution in [0.3, 0.4) is 0 Å². The maximum absolute atomic E-state index is 16.3. The zero-order chi connectivity index (χ0) is 44.3. The van der Waals surface area contributed by atoms with Crippen molar-refractivity contribution in [2.45, 2.75) is 42.6 Å². The van der Waals surface area contributed by atoms with Crippen molar-refractivity contribution in [3.63, 3.8) is 0 Å². The summed E-state index contributed by atoms with van der Waals surface area (Å²) in [6, 6.07) is 50.9. The number of nitrogens with zero attached hydrogens (tertiary/aromatic N) is 7. The molecule has 10 nitrogen and oxygen atoms in total. The average Bonchev–Trinajstić information content (AvgIpc) is 3.87. The fourth-order valence-electron chi connectivity index (χ4n) is 9.97. The van der Waals surface area contributed by atoms with Crippen LogP contribution in [-0.4, -0.2) is 77.2 Å². The summed E-state index contributed by atoms with van der Waals surface area (Å²) >= 11 is 1.50. The SMILES string of the molecule is CC#N.CC#N.CN(C)c1ccc([C@@H]2CN(C)[C@]3(C(=O)Nc4ccccc43)[C@]23SC2=NC4=C(CN(Cc5ccccc5)C/C4=C\c4ccccc4)[C@H](c4ccccc4)N2C3=O)cc1. The molecule has 0 radical (unpaired) electrons. The Balaban J connectivity index is 0.000000861. The predicted molar refractivity (Wildman–Crippen MR) is 252 cm³/mol. The number of hydrogen-bond donors (Lipinski definition) is 1. The van der Waals surface area contributed by atoms with Crippen molar-refractivity contribution < 1.29 is 9.59 Å². The highest BCUT2D eigenvalue weighted by Crippen LogP contribution is 2.67. The van der Waals surface area contributed by atoms with Crippen LogP contribution in [0.2, 0.25) is 0 Å². The standard InChI is InChI=1S/C48H44N6O2S.2C2H3N/c1-51(2)37-25-23-34(24-26-37)40-31-52(3)47(39-21-13-14-22-41(39)49-44(47)55)48(40)45(56)54-43(35-19-11-6-12-20-35)38-30-53(28-33-17-9-5-10-18-33)29-36(42(38)50-46(54)57-48)27-32-15-7-4-8-16-32;2*1-2-3/h4-27,40,43H,28-31H2,1-3H3,(H,49,55);2*1H3/b36-27+;;/t40-,43-,47+,48-;;/m0../s1. The van der Waals surface area contributed by atoms with E-state index in [1.807, 2.05) is 62.4 Å². The Hall–Kier alpha value is -6.76. The van der Waals surface area contributed by atoms with Gasteiger partial charge < -0.3 is 10.2 Å². The quantitative estimate of drug-likeness (QED) is 0.180. The molecule has 0 aromatic heterocycles. The number of likely N-dealkylation sites (tertiary alicyclic amines) is 1. The topological polar surface area (TPSA) is 119 Å². The highest BCUT2D eigenvalue weighted by atomic mass is 32.2. The van der Waals surface area contributed by atoms with E-state index < -0.39 is 16.3 Å². The van der Waals surface area contributed by atoms with Crippen molar-refractivity contribution in [1.29, 1.82) is 10.5 Å². The van der Waals surface area contributed by atoms with Crippen LogP contribution in [-0.2, 0) is 21.7 Å². The van der Waals surface area contributed by atoms with Gasteiger partial charge in [0.05, 0.1) is 23.9 Å². The number of thioether (sulfide) groups is 1. The Morgan fingerprint density at radius 1 is 0.810 bits per heavy atom. The molecule has 0 aliphatic carbocycles. The van der Waals surface area contributed by atoms with Gasteiger partial charge in [-0.05, 0) is 64.7 Å². The number of aliphatic imine (C=N–C) groups is 1. The van der Waals surface area contributed by atoms with E-state index in [0.29, 0.717) is 24.8 Å². The molecule has 316 valence electrons. The van der Waals surface area contributed by atoms with Gasteiger partial charge in [-0.3, -0.25) is 24.3 Å². The molecule has 2 amide bonds. The Morgan fingerprint density at radius 2 is 1.41 bits per heavy atom. The van der Waals surface area contributed by atoms with Gasteiger partial charge in [0.25, 0.3) is 5.91 Å². The van der Waals surface area contributed by atoms with Crippen LogP contribution in [0.25, 0.3) is 6.08 Å². The Kier molecular flexibility index (Phi) is 12.2. The van der Waals surface area contributed by atoms with Gasteiger partial charge in [-0.2, -0.15) is 10.5 Å². The fraction of sp³-hybridized carbons (Fsp3) is 0.250. The van der Waals surface area contributed by atoms with Gasteiger partial charge >= 0.3 is 0 Å². The Labute approximate surface area is 374 Å². The molecule has 63 heavy (non-hydrogen) atoms. The first-order valence-electron chi connectivity index (χ1n) is 21.1. The number of fused-ring (bicyclic) bond motifs is 4. The molecule has 5 aromatic rings. The van der Waals surface area contributed by atoms with Crippen LogP contribution >= 0.6 is 11.8 Å². The largest absolute Gasteiger partial charge is 0.378 e. The first-order chi connectivity index (χ1) is 30.6. The minimum absolute atomic E-state index is 0.0849. The molecule has 2 saturated heterocycles. The molecule has 5 aromatic carbocycles. The van der Waals surface area contributed by atoms with Gasteiger partial charge in [-0.1, -0.05) is 133 Å². The van der Waals surface area contributed by atoms with Gasteiger partial charge in [0.2, 0.25) is 5.91 Å². The molecule has 2 fully saturated rings. The van der Waals surface area contributed by atoms with E-state index in [9.17, 15) is 4.79 Å². The van der Waals surface area contributed by atoms with E-state index in [0.717, 1.165) is 57.0 Å². The Morgan fingerprint density at radius 3 is 2.06 bits per heavy atom. The number of anilines is 2. The minimum atomic E-state index is -1.29. The summed E-state index contributed by atoms with van der Waals surface area (Å²) in [4.78, 5) is 45.5. The number of nitrogens with one attached hydrogen (secondary N) is 1. The molecule has 5 aliphatic rings. The van der Waals surface area contributed by atoms with Crippen LogP contribution < -0.4 is 10.2 Å². The first-order valence-corrected chi connectivity index (χ1v) is 21.9. The second-order valence-electron chi connectivity index (χ2n) is 16.4. The number of hydrogen-bond acceptors (Lipinski definition) is 9. The maximum Gasteiger partial charge on any atom is 0.251 e. The van der Waals surface area contributed by atoms with Gasteiger partial charge in [-0.15, -0.1) is 0 Å². The highest BCUT2D eigenvalue weighted by Gasteiger charge is 2.78. The number of nitriles is 2. The fourth-order valence-corrected chi connectivity index (χ4v) is 11.7. The lowest BCUT2D eigenvalue weighted by Gasteiger charge is -2.43. The summed E-state index contributed by atoms with van der Waals surface area (Å²) in [5.74, 6) is -0.588. The van der Waals surface area contributed by atoms with Crippen molar-refractivity contribution in [2.24, 2.45) is 4.99 Å². The lowest BCUT2D eigenvalue weighted by atomic mass is 9.71. The van der Waals surface area contributed by atoms with Gasteiger partial charge in [0, 0.05) is 77.0 Å². The summed E-state index contributed by atoms with van der Waals surface area (Å²) in [5.41, 5.74) is 8.87. The Bertz CT molecular complexity index is 2680. The summed E-state index contributed by atoms with van der Waals surface area (Å²) in [6.45, 7) is 5.46. The monoisotopic (exact) mass is 850 g/mol. The molecule has 5 heterocycles. The number of carbonyl (C=O) groups excluding carboxylic acids is 2. The van der Waals surface area contributed by atoms with Crippen molar-refractivity contribution >= 4 is 46.2 Å². The maximum atomic E-state index is 16.3. The normalized spacial score (nSPS) is 24.0. The molecule has 4 atom stereocenters. The van der Waals surface area contributed by atoms with E-state index in [1.54, 1.807) is 12.1 Å². The van der Waals surface area contributed by atoms with Crippen LogP contribution in [0.15, 0.2) is 161 Å². The van der Waals surface area contributed by atoms with Crippen LogP contribution in [0.4, 0.5) is 11.4 Å². The second kappa shape index (κ2) is 17.9. The molecule has 0 unspecified atom stereocenters. The molecule has 10 rings (SSSR count). The van der Waals surface area contributed by atoms with E-state index >= 15 is 4.79 Å². The molecule has 0 saturated carbocycles. The average molecular weight is 851 g/mol. The molecular weight excluding hydrogens is 801 g/mol. The first kappa shape index (κ1) is 42.9. The third-order valence-corrected chi connectivity index (χ3v) is 14.0. The van der Waals surface area contributed by atoms with E-state index in [-0.39, 0.29) is 17.7 Å². The zero-order valence-electron chi connectivity index (χ0n) is 36.2. The number of amidine groups is 1. The summed E-state index contributed by atoms with van der Waals surface area (Å²) in [7, 11) is 6.06. The minimum Gasteiger partial charge on any atom is -0.378 e. The molecule has 1 N–H and O–H groups in total. The molecular formula is C52H50N8O2S. The van der Waals surface area contributed by atoms with Crippen molar-refractivity contribution in [1.82, 2.24) is 14.7 Å². The lowest BCUT2D eigenvalue weighted by molar-refractivity contribution is -0.139. The zero-order valence-corrected chi connectivity index (χ0v) is 37.0. The molecule has 2 spiro atoms. The van der Waals surface area contributed by atoms with E-state index in [4.69, 9.17) is 15.5 Å². The smallest absolute Gasteiger partial charge is 0.251 e. The number of likely N-dealkylation sites (N-methyl/N-ethyl adjacent to an activating group) is 1. The van der Waals surface area contributed by atoms with E-state index in [2.05, 4.69) is 129 Å². The molecule has 5 aliphatic heterocycles. The summed E-state index contributed by atoms with van der Waals surface area (Å²) in [5, 5.41) is 18.5. The summed E-state index contributed by atoms with van der Waals surface area (Å²) in [6.07, 6.45) is 2.26. The van der Waals surface area contributed by atoms with Crippen LogP contribution in [0, 0.1) is 22.7 Å². The number of benzene rings is 5. The second-order valence-corrected chi connectivity index (χ2v) is 17.6.